The molecule has 0 unspecified atom stereocenters. The summed E-state index contributed by atoms with van der Waals surface area (Å²) in [5.74, 6) is 1.25. The van der Waals surface area contributed by atoms with Crippen LogP contribution in [-0.2, 0) is 0 Å². The van der Waals surface area contributed by atoms with Gasteiger partial charge in [-0.05, 0) is 48.9 Å². The number of pyridine rings is 1. The van der Waals surface area contributed by atoms with Crippen LogP contribution in [0.3, 0.4) is 0 Å². The van der Waals surface area contributed by atoms with Crippen LogP contribution in [0.25, 0.3) is 11.4 Å². The number of carbonyl (C=O) groups is 1. The summed E-state index contributed by atoms with van der Waals surface area (Å²) in [6, 6.07) is 18.1. The number of aryl methyl sites for hydroxylation is 1. The monoisotopic (exact) mass is 438 g/mol. The van der Waals surface area contributed by atoms with Gasteiger partial charge in [0.25, 0.3) is 5.91 Å². The van der Waals surface area contributed by atoms with E-state index in [9.17, 15) is 4.79 Å². The predicted octanol–water partition coefficient (Wildman–Crippen LogP) is 4.93. The maximum absolute atomic E-state index is 12.7. The van der Waals surface area contributed by atoms with Gasteiger partial charge in [-0.2, -0.15) is 4.98 Å². The molecule has 164 valence electrons. The first kappa shape index (κ1) is 21.6. The summed E-state index contributed by atoms with van der Waals surface area (Å²) in [6.45, 7) is 1.88. The summed E-state index contributed by atoms with van der Waals surface area (Å²) in [7, 11) is 1.71. The number of hydrogen-bond acceptors (Lipinski definition) is 7. The van der Waals surface area contributed by atoms with Crippen LogP contribution in [0, 0.1) is 12.3 Å². The third kappa shape index (κ3) is 4.85. The third-order valence-electron chi connectivity index (χ3n) is 4.90. The van der Waals surface area contributed by atoms with Gasteiger partial charge in [0, 0.05) is 42.5 Å². The molecule has 2 heterocycles. The molecule has 0 aliphatic carbocycles. The fraction of sp³-hybridized carbons (Fsp3) is 0.0800. The summed E-state index contributed by atoms with van der Waals surface area (Å²) in [6.07, 6.45) is 4.46. The molecule has 4 rings (SSSR count). The Hall–Kier alpha value is -4.59. The Morgan fingerprint density at radius 1 is 1.06 bits per heavy atom. The number of nitrogens with one attached hydrogen (secondary N) is 3. The maximum Gasteiger partial charge on any atom is 0.255 e. The first-order valence-electron chi connectivity index (χ1n) is 10.2. The number of ether oxygens (including phenoxy) is 1. The highest BCUT2D eigenvalue weighted by Gasteiger charge is 2.17. The second-order valence-electron chi connectivity index (χ2n) is 7.15. The normalized spacial score (nSPS) is 10.4. The maximum atomic E-state index is 12.7. The zero-order chi connectivity index (χ0) is 23.2. The molecule has 0 aliphatic rings. The van der Waals surface area contributed by atoms with Crippen molar-refractivity contribution in [2.24, 2.45) is 0 Å². The van der Waals surface area contributed by atoms with Gasteiger partial charge in [-0.15, -0.1) is 0 Å². The minimum atomic E-state index is -0.257. The van der Waals surface area contributed by atoms with Crippen LogP contribution in [-0.4, -0.2) is 34.1 Å². The number of nitrogens with zero attached hydrogens (tertiary/aromatic N) is 3. The van der Waals surface area contributed by atoms with Crippen LogP contribution in [0.5, 0.6) is 11.6 Å². The van der Waals surface area contributed by atoms with E-state index in [0.29, 0.717) is 39.8 Å². The van der Waals surface area contributed by atoms with Crippen molar-refractivity contribution in [1.29, 1.82) is 5.41 Å². The smallest absolute Gasteiger partial charge is 0.255 e. The zero-order valence-corrected chi connectivity index (χ0v) is 18.2. The van der Waals surface area contributed by atoms with Crippen LogP contribution in [0.2, 0.25) is 0 Å². The lowest BCUT2D eigenvalue weighted by molar-refractivity contribution is 0.102. The Balaban J connectivity index is 1.70. The molecule has 0 saturated heterocycles. The van der Waals surface area contributed by atoms with Gasteiger partial charge in [0.1, 0.15) is 11.6 Å². The van der Waals surface area contributed by atoms with Crippen LogP contribution in [0.15, 0.2) is 73.1 Å². The molecular formula is C25H22N6O2. The van der Waals surface area contributed by atoms with Crippen molar-refractivity contribution in [2.45, 2.75) is 6.92 Å². The summed E-state index contributed by atoms with van der Waals surface area (Å²) < 4.78 is 6.13. The first-order valence-corrected chi connectivity index (χ1v) is 10.2. The summed E-state index contributed by atoms with van der Waals surface area (Å²) in [5, 5.41) is 13.7. The predicted molar refractivity (Wildman–Crippen MR) is 128 cm³/mol. The number of anilines is 2. The lowest BCUT2D eigenvalue weighted by Gasteiger charge is -2.15. The summed E-state index contributed by atoms with van der Waals surface area (Å²) in [5.41, 5.74) is 3.06. The van der Waals surface area contributed by atoms with Crippen LogP contribution in [0.1, 0.15) is 21.5 Å². The van der Waals surface area contributed by atoms with E-state index >= 15 is 0 Å². The van der Waals surface area contributed by atoms with Crippen LogP contribution < -0.4 is 15.4 Å². The molecule has 0 saturated carbocycles. The molecule has 4 aromatic rings. The molecule has 2 aromatic heterocycles. The lowest BCUT2D eigenvalue weighted by Crippen LogP contribution is -2.12. The molecule has 0 radical (unpaired) electrons. The summed E-state index contributed by atoms with van der Waals surface area (Å²) >= 11 is 0. The third-order valence-corrected chi connectivity index (χ3v) is 4.90. The molecule has 8 nitrogen and oxygen atoms in total. The summed E-state index contributed by atoms with van der Waals surface area (Å²) in [4.78, 5) is 25.9. The average molecular weight is 438 g/mol. The van der Waals surface area contributed by atoms with Crippen molar-refractivity contribution >= 4 is 23.6 Å². The van der Waals surface area contributed by atoms with Gasteiger partial charge in [0.05, 0.1) is 5.56 Å². The number of para-hydroxylation sites is 1. The number of aromatic nitrogens is 3. The van der Waals surface area contributed by atoms with Crippen molar-refractivity contribution in [1.82, 2.24) is 15.0 Å². The Labute approximate surface area is 191 Å². The molecule has 33 heavy (non-hydrogen) atoms. The van der Waals surface area contributed by atoms with Gasteiger partial charge in [-0.3, -0.25) is 9.78 Å². The molecule has 2 aromatic carbocycles. The fourth-order valence-electron chi connectivity index (χ4n) is 3.15. The van der Waals surface area contributed by atoms with Crippen molar-refractivity contribution in [3.05, 3.63) is 89.7 Å². The number of rotatable bonds is 7. The van der Waals surface area contributed by atoms with Crippen LogP contribution >= 0.6 is 0 Å². The number of carbonyl (C=O) groups excluding carboxylic acids is 1. The molecule has 3 N–H and O–H groups in total. The van der Waals surface area contributed by atoms with E-state index in [1.165, 1.54) is 0 Å². The minimum Gasteiger partial charge on any atom is -0.438 e. The number of hydrogen-bond donors (Lipinski definition) is 3. The topological polar surface area (TPSA) is 113 Å². The van der Waals surface area contributed by atoms with E-state index in [1.807, 2.05) is 49.4 Å². The Bertz CT molecular complexity index is 1290. The molecule has 0 bridgehead atoms. The van der Waals surface area contributed by atoms with E-state index in [-0.39, 0.29) is 11.8 Å². The molecule has 0 spiro atoms. The SMILES string of the molecule is CNc1nc(-c2cccnc2)nc(Oc2cc(C(=O)Nc3ccccc3)ccc2C)c1C=N. The zero-order valence-electron chi connectivity index (χ0n) is 18.2. The Morgan fingerprint density at radius 2 is 1.88 bits per heavy atom. The second-order valence-corrected chi connectivity index (χ2v) is 7.15. The highest BCUT2D eigenvalue weighted by atomic mass is 16.5. The van der Waals surface area contributed by atoms with Crippen LogP contribution in [0.4, 0.5) is 11.5 Å². The van der Waals surface area contributed by atoms with E-state index in [0.717, 1.165) is 11.8 Å². The van der Waals surface area contributed by atoms with Crippen molar-refractivity contribution in [2.75, 3.05) is 17.7 Å². The highest BCUT2D eigenvalue weighted by molar-refractivity contribution is 6.04. The Morgan fingerprint density at radius 3 is 2.58 bits per heavy atom. The second kappa shape index (κ2) is 9.69. The van der Waals surface area contributed by atoms with Crippen molar-refractivity contribution in [3.8, 4) is 23.0 Å². The standard InChI is InChI=1S/C25H22N6O2/c1-16-10-11-17(24(32)29-19-8-4-3-5-9-19)13-21(16)33-25-20(14-26)23(27-2)30-22(31-25)18-7-6-12-28-15-18/h3-15,26H,1-2H3,(H,29,32)(H,27,30,31). The minimum absolute atomic E-state index is 0.201. The highest BCUT2D eigenvalue weighted by Crippen LogP contribution is 2.31. The van der Waals surface area contributed by atoms with Gasteiger partial charge in [0.15, 0.2) is 5.82 Å². The molecule has 8 heteroatoms. The van der Waals surface area contributed by atoms with Gasteiger partial charge in [-0.25, -0.2) is 4.98 Å². The number of benzene rings is 2. The first-order chi connectivity index (χ1) is 16.1. The van der Waals surface area contributed by atoms with Gasteiger partial charge in [0.2, 0.25) is 5.88 Å². The molecule has 1 amide bonds. The average Bonchev–Trinajstić information content (AvgIpc) is 2.86. The molecular weight excluding hydrogens is 416 g/mol. The lowest BCUT2D eigenvalue weighted by atomic mass is 10.1. The molecule has 0 fully saturated rings. The van der Waals surface area contributed by atoms with E-state index in [4.69, 9.17) is 10.1 Å². The van der Waals surface area contributed by atoms with E-state index in [2.05, 4.69) is 25.6 Å². The Kier molecular flexibility index (Phi) is 6.36. The van der Waals surface area contributed by atoms with E-state index < -0.39 is 0 Å². The van der Waals surface area contributed by atoms with Gasteiger partial charge < -0.3 is 20.8 Å². The molecule has 0 atom stereocenters. The fourth-order valence-corrected chi connectivity index (χ4v) is 3.15. The van der Waals surface area contributed by atoms with Crippen molar-refractivity contribution < 1.29 is 9.53 Å². The largest absolute Gasteiger partial charge is 0.438 e. The van der Waals surface area contributed by atoms with E-state index in [1.54, 1.807) is 37.6 Å². The van der Waals surface area contributed by atoms with Gasteiger partial charge >= 0.3 is 0 Å². The number of amides is 1. The van der Waals surface area contributed by atoms with Crippen molar-refractivity contribution in [3.63, 3.8) is 0 Å². The van der Waals surface area contributed by atoms with Gasteiger partial charge in [-0.1, -0.05) is 24.3 Å². The quantitative estimate of drug-likeness (QED) is 0.353. The molecule has 0 aliphatic heterocycles.